The van der Waals surface area contributed by atoms with Crippen molar-refractivity contribution in [1.29, 1.82) is 5.26 Å². The molecule has 0 saturated heterocycles. The molecule has 0 unspecified atom stereocenters. The van der Waals surface area contributed by atoms with Crippen molar-refractivity contribution in [1.82, 2.24) is 10.0 Å². The number of hydrogen-bond acceptors (Lipinski definition) is 6. The summed E-state index contributed by atoms with van der Waals surface area (Å²) in [6.45, 7) is 4.16. The standard InChI is InChI=1S/C15H19N3O5S/c1-15(2,3)18-13(19)10-23-14(20)9-17-24(21,22)12-7-5-4-6-11(12)8-16/h4-7,17H,9-10H2,1-3H3,(H,18,19). The molecule has 1 aromatic carbocycles. The van der Waals surface area contributed by atoms with E-state index in [1.165, 1.54) is 24.3 Å². The number of esters is 1. The van der Waals surface area contributed by atoms with Crippen LogP contribution in [0.3, 0.4) is 0 Å². The molecule has 0 saturated carbocycles. The van der Waals surface area contributed by atoms with E-state index in [0.717, 1.165) is 0 Å². The number of carbonyl (C=O) groups excluding carboxylic acids is 2. The third-order valence-electron chi connectivity index (χ3n) is 2.58. The predicted molar refractivity (Wildman–Crippen MR) is 85.2 cm³/mol. The fourth-order valence-electron chi connectivity index (χ4n) is 1.68. The van der Waals surface area contributed by atoms with Crippen molar-refractivity contribution < 1.29 is 22.7 Å². The summed E-state index contributed by atoms with van der Waals surface area (Å²) in [5, 5.41) is 11.5. The van der Waals surface area contributed by atoms with Crippen molar-refractivity contribution in [3.63, 3.8) is 0 Å². The third kappa shape index (κ3) is 6.36. The number of nitrogens with one attached hydrogen (secondary N) is 2. The van der Waals surface area contributed by atoms with Crippen LogP contribution < -0.4 is 10.0 Å². The molecule has 0 aliphatic carbocycles. The molecule has 0 spiro atoms. The Bertz CT molecular complexity index is 760. The summed E-state index contributed by atoms with van der Waals surface area (Å²) < 4.78 is 30.9. The summed E-state index contributed by atoms with van der Waals surface area (Å²) in [6.07, 6.45) is 0. The van der Waals surface area contributed by atoms with Gasteiger partial charge in [0.25, 0.3) is 5.91 Å². The molecule has 0 heterocycles. The van der Waals surface area contributed by atoms with E-state index in [2.05, 4.69) is 5.32 Å². The number of hydrogen-bond donors (Lipinski definition) is 2. The van der Waals surface area contributed by atoms with E-state index in [9.17, 15) is 18.0 Å². The topological polar surface area (TPSA) is 125 Å². The number of rotatable bonds is 6. The lowest BCUT2D eigenvalue weighted by Gasteiger charge is -2.20. The van der Waals surface area contributed by atoms with Gasteiger partial charge in [0.15, 0.2) is 6.61 Å². The van der Waals surface area contributed by atoms with Gasteiger partial charge >= 0.3 is 5.97 Å². The number of carbonyl (C=O) groups is 2. The van der Waals surface area contributed by atoms with E-state index in [-0.39, 0.29) is 10.5 Å². The van der Waals surface area contributed by atoms with Gasteiger partial charge in [-0.2, -0.15) is 9.98 Å². The van der Waals surface area contributed by atoms with Crippen molar-refractivity contribution >= 4 is 21.9 Å². The Balaban J connectivity index is 2.58. The van der Waals surface area contributed by atoms with Crippen LogP contribution in [-0.4, -0.2) is 39.0 Å². The van der Waals surface area contributed by atoms with Crippen LogP contribution in [0.2, 0.25) is 0 Å². The Kier molecular flexibility index (Phi) is 6.45. The molecule has 0 aliphatic heterocycles. The second kappa shape index (κ2) is 7.90. The molecular formula is C15H19N3O5S. The van der Waals surface area contributed by atoms with Crippen LogP contribution >= 0.6 is 0 Å². The van der Waals surface area contributed by atoms with E-state index in [0.29, 0.717) is 0 Å². The Morgan fingerprint density at radius 2 is 1.88 bits per heavy atom. The fourth-order valence-corrected chi connectivity index (χ4v) is 2.80. The quantitative estimate of drug-likeness (QED) is 0.708. The van der Waals surface area contributed by atoms with Crippen molar-refractivity contribution in [2.45, 2.75) is 31.2 Å². The van der Waals surface area contributed by atoms with Crippen LogP contribution in [0.5, 0.6) is 0 Å². The minimum atomic E-state index is -4.04. The van der Waals surface area contributed by atoms with Gasteiger partial charge in [0.1, 0.15) is 12.6 Å². The van der Waals surface area contributed by atoms with Gasteiger partial charge in [0, 0.05) is 5.54 Å². The molecule has 0 bridgehead atoms. The van der Waals surface area contributed by atoms with Gasteiger partial charge in [-0.1, -0.05) is 12.1 Å². The summed E-state index contributed by atoms with van der Waals surface area (Å²) in [5.41, 5.74) is -0.505. The highest BCUT2D eigenvalue weighted by Crippen LogP contribution is 2.13. The van der Waals surface area contributed by atoms with Crippen molar-refractivity contribution in [2.75, 3.05) is 13.2 Å². The number of sulfonamides is 1. The maximum atomic E-state index is 12.1. The van der Waals surface area contributed by atoms with Crippen molar-refractivity contribution in [3.05, 3.63) is 29.8 Å². The van der Waals surface area contributed by atoms with Gasteiger partial charge in [-0.05, 0) is 32.9 Å². The normalized spacial score (nSPS) is 11.4. The van der Waals surface area contributed by atoms with Crippen LogP contribution in [0.15, 0.2) is 29.2 Å². The first-order valence-electron chi connectivity index (χ1n) is 7.00. The Morgan fingerprint density at radius 1 is 1.25 bits per heavy atom. The minimum Gasteiger partial charge on any atom is -0.455 e. The van der Waals surface area contributed by atoms with Gasteiger partial charge in [-0.25, -0.2) is 8.42 Å². The Hall–Kier alpha value is -2.44. The zero-order chi connectivity index (χ0) is 18.4. The lowest BCUT2D eigenvalue weighted by Crippen LogP contribution is -2.43. The van der Waals surface area contributed by atoms with Gasteiger partial charge in [-0.15, -0.1) is 0 Å². The third-order valence-corrected chi connectivity index (χ3v) is 4.04. The number of amides is 1. The number of benzene rings is 1. The average Bonchev–Trinajstić information content (AvgIpc) is 2.49. The van der Waals surface area contributed by atoms with Crippen LogP contribution in [0.1, 0.15) is 26.3 Å². The first-order valence-corrected chi connectivity index (χ1v) is 8.49. The minimum absolute atomic E-state index is 0.0390. The monoisotopic (exact) mass is 353 g/mol. The molecule has 8 nitrogen and oxygen atoms in total. The van der Waals surface area contributed by atoms with Crippen molar-refractivity contribution in [2.24, 2.45) is 0 Å². The van der Waals surface area contributed by atoms with Crippen LogP contribution in [0.4, 0.5) is 0 Å². The summed E-state index contributed by atoms with van der Waals surface area (Å²) >= 11 is 0. The van der Waals surface area contributed by atoms with Crippen LogP contribution in [0.25, 0.3) is 0 Å². The predicted octanol–water partition coefficient (Wildman–Crippen LogP) is 0.294. The lowest BCUT2D eigenvalue weighted by molar-refractivity contribution is -0.147. The summed E-state index contributed by atoms with van der Waals surface area (Å²) in [4.78, 5) is 22.8. The number of ether oxygens (including phenoxy) is 1. The van der Waals surface area contributed by atoms with Gasteiger partial charge in [-0.3, -0.25) is 9.59 Å². The average molecular weight is 353 g/mol. The molecule has 9 heteroatoms. The highest BCUT2D eigenvalue weighted by Gasteiger charge is 2.20. The number of nitriles is 1. The summed E-state index contributed by atoms with van der Waals surface area (Å²) in [7, 11) is -4.04. The van der Waals surface area contributed by atoms with Gasteiger partial charge < -0.3 is 10.1 Å². The Labute approximate surface area is 140 Å². The van der Waals surface area contributed by atoms with E-state index < -0.39 is 40.6 Å². The largest absolute Gasteiger partial charge is 0.455 e. The first-order chi connectivity index (χ1) is 11.0. The Morgan fingerprint density at radius 3 is 2.46 bits per heavy atom. The number of nitrogens with zero attached hydrogens (tertiary/aromatic N) is 1. The molecule has 0 aromatic heterocycles. The highest BCUT2D eigenvalue weighted by atomic mass is 32.2. The molecule has 0 aliphatic rings. The lowest BCUT2D eigenvalue weighted by atomic mass is 10.1. The molecule has 0 radical (unpaired) electrons. The van der Waals surface area contributed by atoms with Gasteiger partial charge in [0.05, 0.1) is 10.5 Å². The molecule has 2 N–H and O–H groups in total. The maximum Gasteiger partial charge on any atom is 0.321 e. The molecule has 0 fully saturated rings. The first kappa shape index (κ1) is 19.6. The van der Waals surface area contributed by atoms with E-state index in [4.69, 9.17) is 10.00 Å². The highest BCUT2D eigenvalue weighted by molar-refractivity contribution is 7.89. The van der Waals surface area contributed by atoms with Gasteiger partial charge in [0.2, 0.25) is 10.0 Å². The fraction of sp³-hybridized carbons (Fsp3) is 0.400. The maximum absolute atomic E-state index is 12.1. The molecule has 1 aromatic rings. The zero-order valence-corrected chi connectivity index (χ0v) is 14.4. The second-order valence-electron chi connectivity index (χ2n) is 5.89. The zero-order valence-electron chi connectivity index (χ0n) is 13.6. The molecule has 1 rings (SSSR count). The summed E-state index contributed by atoms with van der Waals surface area (Å²) in [5.74, 6) is -1.40. The molecule has 24 heavy (non-hydrogen) atoms. The molecule has 0 atom stereocenters. The molecular weight excluding hydrogens is 334 g/mol. The van der Waals surface area contributed by atoms with Crippen molar-refractivity contribution in [3.8, 4) is 6.07 Å². The summed E-state index contributed by atoms with van der Waals surface area (Å²) in [6, 6.07) is 7.36. The van der Waals surface area contributed by atoms with E-state index >= 15 is 0 Å². The molecule has 1 amide bonds. The smallest absolute Gasteiger partial charge is 0.321 e. The second-order valence-corrected chi connectivity index (χ2v) is 7.63. The van der Waals surface area contributed by atoms with Crippen LogP contribution in [-0.2, 0) is 24.3 Å². The van der Waals surface area contributed by atoms with E-state index in [1.807, 2.05) is 4.72 Å². The molecule has 130 valence electrons. The van der Waals surface area contributed by atoms with E-state index in [1.54, 1.807) is 26.8 Å². The van der Waals surface area contributed by atoms with Crippen LogP contribution in [0, 0.1) is 11.3 Å². The SMILES string of the molecule is CC(C)(C)NC(=O)COC(=O)CNS(=O)(=O)c1ccccc1C#N.